The monoisotopic (exact) mass is 903 g/mol. The van der Waals surface area contributed by atoms with Gasteiger partial charge in [0.1, 0.15) is 18.8 Å². The number of hydrogen-bond acceptors (Lipinski definition) is 10. The van der Waals surface area contributed by atoms with Gasteiger partial charge in [-0.25, -0.2) is 0 Å². The molecule has 1 saturated carbocycles. The van der Waals surface area contributed by atoms with Crippen molar-refractivity contribution in [2.45, 2.75) is 207 Å². The van der Waals surface area contributed by atoms with Crippen molar-refractivity contribution in [2.75, 3.05) is 13.7 Å². The van der Waals surface area contributed by atoms with E-state index in [1.54, 1.807) is 0 Å². The van der Waals surface area contributed by atoms with Crippen molar-refractivity contribution in [3.63, 3.8) is 0 Å². The number of hydrogen-bond donors (Lipinski definition) is 4. The average molecular weight is 903 g/mol. The van der Waals surface area contributed by atoms with Gasteiger partial charge < -0.3 is 30.7 Å². The van der Waals surface area contributed by atoms with Gasteiger partial charge >= 0.3 is 11.9 Å². The van der Waals surface area contributed by atoms with Gasteiger partial charge in [0.05, 0.1) is 7.11 Å². The molecule has 6 aliphatic rings. The van der Waals surface area contributed by atoms with Gasteiger partial charge in [-0.3, -0.25) is 19.2 Å². The van der Waals surface area contributed by atoms with Crippen molar-refractivity contribution < 1.29 is 28.7 Å². The number of carbonyl (C=O) groups is 4. The quantitative estimate of drug-likeness (QED) is 0.0383. The Kier molecular flexibility index (Phi) is 18.8. The third-order valence-corrected chi connectivity index (χ3v) is 17.9. The van der Waals surface area contributed by atoms with Crippen molar-refractivity contribution in [1.82, 2.24) is 21.3 Å². The molecule has 5 aliphatic heterocycles. The summed E-state index contributed by atoms with van der Waals surface area (Å²) in [6, 6.07) is 0.0715. The molecule has 8 bridgehead atoms. The maximum absolute atomic E-state index is 14.6. The fourth-order valence-corrected chi connectivity index (χ4v) is 14.0. The van der Waals surface area contributed by atoms with Gasteiger partial charge in [-0.05, 0) is 111 Å². The first-order valence-corrected chi connectivity index (χ1v) is 26.4. The fraction of sp³-hybridized carbons (Fsp3) is 0.818. The minimum Gasteiger partial charge on any atom is -0.468 e. The van der Waals surface area contributed by atoms with Crippen molar-refractivity contribution in [3.05, 3.63) is 35.5 Å². The van der Waals surface area contributed by atoms with E-state index < -0.39 is 11.9 Å². The number of carbonyl (C=O) groups excluding carboxylic acids is 4. The standard InChI is InChI=1S/C55H90N4O6/c1-12-38-35(8)42-27-43-36(9)40(23-24-48(61)65-26-25-34(7)22-16-21-33(6)20-15-19-32(5)18-14-17-31(3)4)52(58-43)50-51(55(63)64-11)54(62)49-37(10)44(59-53(49)50)28-46-39(13-2)41(30-60)47(57-46)29-45(38)56-42/h12,25,30-33,35-38,40,42-47,49-53,56-59H,1,13-24,26-29H2,2-11H3. The summed E-state index contributed by atoms with van der Waals surface area (Å²) in [4.78, 5) is 54.6. The highest BCUT2D eigenvalue weighted by Crippen LogP contribution is 2.51. The van der Waals surface area contributed by atoms with E-state index in [1.807, 2.05) is 0 Å². The Balaban J connectivity index is 1.12. The van der Waals surface area contributed by atoms with Gasteiger partial charge in [0.25, 0.3) is 0 Å². The zero-order valence-electron chi connectivity index (χ0n) is 42.2. The van der Waals surface area contributed by atoms with Crippen LogP contribution in [0.4, 0.5) is 0 Å². The molecule has 0 radical (unpaired) electrons. The first-order valence-electron chi connectivity index (χ1n) is 26.4. The number of allylic oxidation sites excluding steroid dienone is 1. The van der Waals surface area contributed by atoms with Crippen LogP contribution < -0.4 is 21.3 Å². The third-order valence-electron chi connectivity index (χ3n) is 17.9. The molecule has 0 spiro atoms. The SMILES string of the molecule is C=CC1C2CC3NC(CC4NC5C(C(=O)C(C(=O)OC)C5C5NC(CC(N2)C1C)C(C)C5CCC(=O)OCC=C(C)CCCC(C)CCCC(C)CCCC(C)C)C4C)C(CC)=C3C=O. The molecule has 10 heteroatoms. The van der Waals surface area contributed by atoms with Crippen LogP contribution in [0.3, 0.4) is 0 Å². The lowest BCUT2D eigenvalue weighted by atomic mass is 9.75. The van der Waals surface area contributed by atoms with Crippen molar-refractivity contribution in [1.29, 1.82) is 0 Å². The Morgan fingerprint density at radius 3 is 2.06 bits per heavy atom. The van der Waals surface area contributed by atoms with Crippen molar-refractivity contribution >= 4 is 24.0 Å². The molecule has 4 saturated heterocycles. The molecule has 4 N–H and O–H groups in total. The molecular formula is C55H90N4O6. The van der Waals surface area contributed by atoms with E-state index in [4.69, 9.17) is 9.47 Å². The average Bonchev–Trinajstić information content (AvgIpc) is 4.02. The summed E-state index contributed by atoms with van der Waals surface area (Å²) in [5.74, 6) is 0.913. The number of esters is 2. The molecule has 0 amide bonds. The Morgan fingerprint density at radius 2 is 1.42 bits per heavy atom. The molecule has 65 heavy (non-hydrogen) atoms. The molecule has 6 rings (SSSR count). The molecule has 0 aromatic heterocycles. The van der Waals surface area contributed by atoms with Gasteiger partial charge in [-0.2, -0.15) is 0 Å². The summed E-state index contributed by atoms with van der Waals surface area (Å²) in [6.07, 6.45) is 20.8. The summed E-state index contributed by atoms with van der Waals surface area (Å²) < 4.78 is 11.3. The summed E-state index contributed by atoms with van der Waals surface area (Å²) in [5.41, 5.74) is 3.32. The van der Waals surface area contributed by atoms with Gasteiger partial charge in [0.2, 0.25) is 0 Å². The number of rotatable bonds is 21. The third kappa shape index (κ3) is 12.0. The van der Waals surface area contributed by atoms with Crippen LogP contribution in [0.1, 0.15) is 159 Å². The number of Topliss-reactive ketones (excluding diaryl/α,β-unsaturated/α-hetero) is 1. The number of aldehydes is 1. The molecular weight excluding hydrogens is 813 g/mol. The summed E-state index contributed by atoms with van der Waals surface area (Å²) >= 11 is 0. The van der Waals surface area contributed by atoms with E-state index in [0.29, 0.717) is 12.3 Å². The van der Waals surface area contributed by atoms with E-state index in [0.717, 1.165) is 68.1 Å². The van der Waals surface area contributed by atoms with Crippen LogP contribution in [-0.4, -0.2) is 86.1 Å². The van der Waals surface area contributed by atoms with Gasteiger partial charge in [0, 0.05) is 72.2 Å². The topological polar surface area (TPSA) is 135 Å². The van der Waals surface area contributed by atoms with Crippen LogP contribution in [-0.2, 0) is 28.7 Å². The van der Waals surface area contributed by atoms with Crippen molar-refractivity contribution in [3.8, 4) is 0 Å². The predicted octanol–water partition coefficient (Wildman–Crippen LogP) is 9.08. The highest BCUT2D eigenvalue weighted by molar-refractivity contribution is 6.03. The Morgan fingerprint density at radius 1 is 0.785 bits per heavy atom. The van der Waals surface area contributed by atoms with E-state index in [9.17, 15) is 19.2 Å². The van der Waals surface area contributed by atoms with E-state index in [2.05, 4.69) is 102 Å². The van der Waals surface area contributed by atoms with E-state index >= 15 is 0 Å². The lowest BCUT2D eigenvalue weighted by molar-refractivity contribution is -0.151. The number of ether oxygens (including phenoxy) is 2. The lowest BCUT2D eigenvalue weighted by Gasteiger charge is -2.34. The van der Waals surface area contributed by atoms with E-state index in [1.165, 1.54) is 63.2 Å². The molecule has 366 valence electrons. The molecule has 5 fully saturated rings. The Hall–Kier alpha value is -2.66. The van der Waals surface area contributed by atoms with Crippen LogP contribution >= 0.6 is 0 Å². The zero-order valence-corrected chi connectivity index (χ0v) is 42.2. The van der Waals surface area contributed by atoms with Gasteiger partial charge in [-0.15, -0.1) is 6.58 Å². The molecule has 10 nitrogen and oxygen atoms in total. The molecule has 0 aromatic rings. The number of ketones is 1. The van der Waals surface area contributed by atoms with Crippen LogP contribution in [0, 0.1) is 65.1 Å². The van der Waals surface area contributed by atoms with Gasteiger partial charge in [0.15, 0.2) is 5.78 Å². The fourth-order valence-electron chi connectivity index (χ4n) is 14.0. The minimum atomic E-state index is -0.883. The molecule has 18 unspecified atom stereocenters. The zero-order chi connectivity index (χ0) is 47.1. The predicted molar refractivity (Wildman–Crippen MR) is 261 cm³/mol. The summed E-state index contributed by atoms with van der Waals surface area (Å²) in [5, 5.41) is 15.9. The maximum atomic E-state index is 14.6. The lowest BCUT2D eigenvalue weighted by Crippen LogP contribution is -2.51. The maximum Gasteiger partial charge on any atom is 0.316 e. The first kappa shape index (κ1) is 51.7. The van der Waals surface area contributed by atoms with Crippen LogP contribution in [0.2, 0.25) is 0 Å². The van der Waals surface area contributed by atoms with Crippen LogP contribution in [0.5, 0.6) is 0 Å². The smallest absolute Gasteiger partial charge is 0.316 e. The number of fused-ring (bicyclic) bond motifs is 8. The van der Waals surface area contributed by atoms with Gasteiger partial charge in [-0.1, -0.05) is 112 Å². The second-order valence-electron chi connectivity index (χ2n) is 22.6. The number of nitrogens with one attached hydrogen (secondary N) is 4. The normalized spacial score (nSPS) is 37.8. The van der Waals surface area contributed by atoms with Crippen LogP contribution in [0.15, 0.2) is 35.5 Å². The summed E-state index contributed by atoms with van der Waals surface area (Å²) in [7, 11) is 1.39. The van der Waals surface area contributed by atoms with Crippen LogP contribution in [0.25, 0.3) is 0 Å². The highest BCUT2D eigenvalue weighted by Gasteiger charge is 2.64. The molecule has 5 heterocycles. The molecule has 0 aromatic carbocycles. The molecule has 1 aliphatic carbocycles. The van der Waals surface area contributed by atoms with E-state index in [-0.39, 0.29) is 109 Å². The highest BCUT2D eigenvalue weighted by atomic mass is 16.5. The summed E-state index contributed by atoms with van der Waals surface area (Å²) in [6.45, 7) is 25.1. The molecule has 18 atom stereocenters. The number of methoxy groups -OCH3 is 1. The Labute approximate surface area is 393 Å². The first-order chi connectivity index (χ1) is 31.1. The largest absolute Gasteiger partial charge is 0.468 e. The minimum absolute atomic E-state index is 0.00587. The second-order valence-corrected chi connectivity index (χ2v) is 22.6. The second kappa shape index (κ2) is 23.6. The Bertz CT molecular complexity index is 1710. The van der Waals surface area contributed by atoms with Crippen molar-refractivity contribution in [2.24, 2.45) is 65.1 Å².